The number of nitrogens with zero attached hydrogens (tertiary/aromatic N) is 1. The van der Waals surface area contributed by atoms with E-state index < -0.39 is 0 Å². The van der Waals surface area contributed by atoms with Gasteiger partial charge >= 0.3 is 0 Å². The van der Waals surface area contributed by atoms with E-state index in [1.165, 1.54) is 0 Å². The molecule has 0 saturated heterocycles. The van der Waals surface area contributed by atoms with E-state index in [-0.39, 0.29) is 11.5 Å². The fourth-order valence-electron chi connectivity index (χ4n) is 1.62. The summed E-state index contributed by atoms with van der Waals surface area (Å²) >= 11 is 7.59. The van der Waals surface area contributed by atoms with Crippen molar-refractivity contribution in [3.63, 3.8) is 0 Å². The Balaban J connectivity index is 2.29. The van der Waals surface area contributed by atoms with Crippen molar-refractivity contribution in [2.24, 2.45) is 5.73 Å². The molecule has 0 saturated carbocycles. The fourth-order valence-corrected chi connectivity index (χ4v) is 2.89. The van der Waals surface area contributed by atoms with Crippen LogP contribution in [0.25, 0.3) is 0 Å². The Labute approximate surface area is 117 Å². The van der Waals surface area contributed by atoms with Crippen molar-refractivity contribution in [2.75, 3.05) is 0 Å². The SMILES string of the molecule is CC(C)(C)c1csc(C(N)c2cccc(Cl)c2)n1. The lowest BCUT2D eigenvalue weighted by Gasteiger charge is -2.15. The van der Waals surface area contributed by atoms with Gasteiger partial charge in [0.2, 0.25) is 0 Å². The van der Waals surface area contributed by atoms with Gasteiger partial charge in [0.05, 0.1) is 11.7 Å². The lowest BCUT2D eigenvalue weighted by atomic mass is 9.93. The monoisotopic (exact) mass is 280 g/mol. The van der Waals surface area contributed by atoms with Crippen molar-refractivity contribution in [3.8, 4) is 0 Å². The van der Waals surface area contributed by atoms with E-state index in [0.29, 0.717) is 5.02 Å². The van der Waals surface area contributed by atoms with Crippen LogP contribution in [-0.2, 0) is 5.41 Å². The maximum absolute atomic E-state index is 6.23. The van der Waals surface area contributed by atoms with E-state index in [1.54, 1.807) is 11.3 Å². The lowest BCUT2D eigenvalue weighted by molar-refractivity contribution is 0.569. The molecular formula is C14H17ClN2S. The summed E-state index contributed by atoms with van der Waals surface area (Å²) in [5.41, 5.74) is 8.37. The second kappa shape index (κ2) is 5.00. The topological polar surface area (TPSA) is 38.9 Å². The van der Waals surface area contributed by atoms with Crippen LogP contribution >= 0.6 is 22.9 Å². The lowest BCUT2D eigenvalue weighted by Crippen LogP contribution is -2.15. The molecule has 4 heteroatoms. The predicted octanol–water partition coefficient (Wildman–Crippen LogP) is 4.14. The molecule has 0 fully saturated rings. The van der Waals surface area contributed by atoms with Gasteiger partial charge in [-0.15, -0.1) is 11.3 Å². The molecule has 0 bridgehead atoms. The third-order valence-corrected chi connectivity index (χ3v) is 3.93. The van der Waals surface area contributed by atoms with Gasteiger partial charge in [-0.05, 0) is 17.7 Å². The minimum atomic E-state index is -0.204. The number of halogens is 1. The van der Waals surface area contributed by atoms with Gasteiger partial charge in [-0.3, -0.25) is 0 Å². The van der Waals surface area contributed by atoms with E-state index in [4.69, 9.17) is 17.3 Å². The second-order valence-corrected chi connectivity index (χ2v) is 6.68. The van der Waals surface area contributed by atoms with Crippen LogP contribution in [0.5, 0.6) is 0 Å². The molecule has 1 atom stereocenters. The molecule has 2 nitrogen and oxygen atoms in total. The molecule has 1 aromatic heterocycles. The maximum atomic E-state index is 6.23. The highest BCUT2D eigenvalue weighted by atomic mass is 35.5. The number of thiazole rings is 1. The molecule has 0 radical (unpaired) electrons. The van der Waals surface area contributed by atoms with E-state index in [9.17, 15) is 0 Å². The number of aromatic nitrogens is 1. The molecule has 1 aromatic carbocycles. The summed E-state index contributed by atoms with van der Waals surface area (Å²) in [6.07, 6.45) is 0. The summed E-state index contributed by atoms with van der Waals surface area (Å²) in [4.78, 5) is 4.64. The molecular weight excluding hydrogens is 264 g/mol. The zero-order valence-corrected chi connectivity index (χ0v) is 12.3. The first-order chi connectivity index (χ1) is 8.38. The summed E-state index contributed by atoms with van der Waals surface area (Å²) in [7, 11) is 0. The molecule has 2 rings (SSSR count). The molecule has 2 N–H and O–H groups in total. The van der Waals surface area contributed by atoms with Crippen LogP contribution in [0.4, 0.5) is 0 Å². The zero-order valence-electron chi connectivity index (χ0n) is 10.8. The zero-order chi connectivity index (χ0) is 13.3. The molecule has 0 aliphatic rings. The normalized spacial score (nSPS) is 13.6. The molecule has 0 amide bonds. The Bertz CT molecular complexity index is 543. The van der Waals surface area contributed by atoms with Crippen molar-refractivity contribution in [3.05, 3.63) is 50.9 Å². The van der Waals surface area contributed by atoms with Crippen molar-refractivity contribution in [2.45, 2.75) is 32.2 Å². The quantitative estimate of drug-likeness (QED) is 0.898. The van der Waals surface area contributed by atoms with Crippen LogP contribution in [0.3, 0.4) is 0 Å². The number of hydrogen-bond donors (Lipinski definition) is 1. The summed E-state index contributed by atoms with van der Waals surface area (Å²) < 4.78 is 0. The molecule has 2 aromatic rings. The molecule has 1 unspecified atom stereocenters. The number of hydrogen-bond acceptors (Lipinski definition) is 3. The van der Waals surface area contributed by atoms with Crippen molar-refractivity contribution in [1.29, 1.82) is 0 Å². The molecule has 18 heavy (non-hydrogen) atoms. The first kappa shape index (κ1) is 13.5. The highest BCUT2D eigenvalue weighted by molar-refractivity contribution is 7.09. The third-order valence-electron chi connectivity index (χ3n) is 2.76. The summed E-state index contributed by atoms with van der Waals surface area (Å²) in [6.45, 7) is 6.45. The van der Waals surface area contributed by atoms with E-state index in [2.05, 4.69) is 31.1 Å². The minimum absolute atomic E-state index is 0.0583. The highest BCUT2D eigenvalue weighted by Gasteiger charge is 2.20. The molecule has 0 spiro atoms. The fraction of sp³-hybridized carbons (Fsp3) is 0.357. The van der Waals surface area contributed by atoms with Gasteiger partial charge in [0.25, 0.3) is 0 Å². The third kappa shape index (κ3) is 2.91. The van der Waals surface area contributed by atoms with Crippen LogP contribution in [0, 0.1) is 0 Å². The Kier molecular flexibility index (Phi) is 3.76. The van der Waals surface area contributed by atoms with E-state index in [0.717, 1.165) is 16.3 Å². The summed E-state index contributed by atoms with van der Waals surface area (Å²) in [5.74, 6) is 0. The van der Waals surface area contributed by atoms with Crippen LogP contribution < -0.4 is 5.73 Å². The van der Waals surface area contributed by atoms with Crippen LogP contribution in [0.1, 0.15) is 43.1 Å². The second-order valence-electron chi connectivity index (χ2n) is 5.35. The summed E-state index contributed by atoms with van der Waals surface area (Å²) in [6, 6.07) is 7.43. The van der Waals surface area contributed by atoms with Crippen molar-refractivity contribution in [1.82, 2.24) is 4.98 Å². The Morgan fingerprint density at radius 3 is 2.61 bits per heavy atom. The molecule has 0 aliphatic carbocycles. The minimum Gasteiger partial charge on any atom is -0.318 e. The molecule has 0 aliphatic heterocycles. The molecule has 1 heterocycles. The van der Waals surface area contributed by atoms with Gasteiger partial charge in [0.1, 0.15) is 5.01 Å². The Morgan fingerprint density at radius 2 is 2.06 bits per heavy atom. The standard InChI is InChI=1S/C14H17ClN2S/c1-14(2,3)11-8-18-13(17-11)12(16)9-5-4-6-10(15)7-9/h4-8,12H,16H2,1-3H3. The van der Waals surface area contributed by atoms with Gasteiger partial charge in [-0.25, -0.2) is 4.98 Å². The highest BCUT2D eigenvalue weighted by Crippen LogP contribution is 2.29. The first-order valence-electron chi connectivity index (χ1n) is 5.85. The first-order valence-corrected chi connectivity index (χ1v) is 7.10. The average molecular weight is 281 g/mol. The van der Waals surface area contributed by atoms with Crippen molar-refractivity contribution < 1.29 is 0 Å². The van der Waals surface area contributed by atoms with E-state index >= 15 is 0 Å². The van der Waals surface area contributed by atoms with Crippen LogP contribution in [0.2, 0.25) is 5.02 Å². The van der Waals surface area contributed by atoms with Gasteiger partial charge in [-0.1, -0.05) is 44.5 Å². The van der Waals surface area contributed by atoms with Gasteiger partial charge in [-0.2, -0.15) is 0 Å². The Morgan fingerprint density at radius 1 is 1.33 bits per heavy atom. The maximum Gasteiger partial charge on any atom is 0.114 e. The largest absolute Gasteiger partial charge is 0.318 e. The van der Waals surface area contributed by atoms with Gasteiger partial charge in [0.15, 0.2) is 0 Å². The van der Waals surface area contributed by atoms with Crippen molar-refractivity contribution >= 4 is 22.9 Å². The average Bonchev–Trinajstić information content (AvgIpc) is 2.77. The Hall–Kier alpha value is -0.900. The summed E-state index contributed by atoms with van der Waals surface area (Å²) in [5, 5.41) is 3.72. The van der Waals surface area contributed by atoms with Gasteiger partial charge in [0, 0.05) is 15.8 Å². The van der Waals surface area contributed by atoms with Crippen LogP contribution in [0.15, 0.2) is 29.6 Å². The van der Waals surface area contributed by atoms with Crippen LogP contribution in [-0.4, -0.2) is 4.98 Å². The van der Waals surface area contributed by atoms with Gasteiger partial charge < -0.3 is 5.73 Å². The molecule has 96 valence electrons. The predicted molar refractivity (Wildman–Crippen MR) is 78.3 cm³/mol. The smallest absolute Gasteiger partial charge is 0.114 e. The number of nitrogens with two attached hydrogens (primary N) is 1. The number of rotatable bonds is 2. The number of benzene rings is 1. The van der Waals surface area contributed by atoms with E-state index in [1.807, 2.05) is 24.3 Å².